The second-order valence-electron chi connectivity index (χ2n) is 5.77. The van der Waals surface area contributed by atoms with Crippen LogP contribution in [0.3, 0.4) is 0 Å². The molecule has 0 saturated heterocycles. The summed E-state index contributed by atoms with van der Waals surface area (Å²) in [4.78, 5) is 0. The molecule has 0 spiro atoms. The molecule has 0 aliphatic heterocycles. The molecule has 2 unspecified atom stereocenters. The molecule has 2 atom stereocenters. The minimum atomic E-state index is 0.0752. The van der Waals surface area contributed by atoms with Gasteiger partial charge in [0.05, 0.1) is 6.04 Å². The van der Waals surface area contributed by atoms with Crippen LogP contribution in [0.15, 0.2) is 28.7 Å². The summed E-state index contributed by atoms with van der Waals surface area (Å²) in [5, 5.41) is 1.75. The molecule has 96 valence electrons. The molecule has 18 heavy (non-hydrogen) atoms. The summed E-state index contributed by atoms with van der Waals surface area (Å²) in [6.45, 7) is 4.50. The number of fused-ring (bicyclic) bond motifs is 1. The van der Waals surface area contributed by atoms with Gasteiger partial charge in [-0.1, -0.05) is 25.4 Å². The van der Waals surface area contributed by atoms with Crippen LogP contribution in [0, 0.1) is 11.3 Å². The number of hydrazine groups is 1. The maximum absolute atomic E-state index is 5.98. The SMILES string of the molecule is CC1(C)CC1C(NN)c1cc2cc(Cl)ccc2o1. The molecular weight excluding hydrogens is 248 g/mol. The third kappa shape index (κ3) is 1.92. The van der Waals surface area contributed by atoms with E-state index in [1.807, 2.05) is 24.3 Å². The molecule has 1 aromatic carbocycles. The van der Waals surface area contributed by atoms with Crippen molar-refractivity contribution in [1.82, 2.24) is 5.43 Å². The van der Waals surface area contributed by atoms with Crippen LogP contribution in [0.4, 0.5) is 0 Å². The fourth-order valence-electron chi connectivity index (χ4n) is 2.66. The summed E-state index contributed by atoms with van der Waals surface area (Å²) in [6.07, 6.45) is 1.17. The Morgan fingerprint density at radius 1 is 1.44 bits per heavy atom. The van der Waals surface area contributed by atoms with E-state index in [1.165, 1.54) is 6.42 Å². The molecule has 1 fully saturated rings. The number of hydrogen-bond acceptors (Lipinski definition) is 3. The molecule has 1 aliphatic rings. The Balaban J connectivity index is 1.98. The Hall–Kier alpha value is -1.03. The fourth-order valence-corrected chi connectivity index (χ4v) is 2.84. The minimum Gasteiger partial charge on any atom is -0.459 e. The molecule has 2 aromatic rings. The zero-order valence-electron chi connectivity index (χ0n) is 10.5. The predicted octanol–water partition coefficient (Wildman–Crippen LogP) is 3.64. The van der Waals surface area contributed by atoms with Crippen molar-refractivity contribution in [2.75, 3.05) is 0 Å². The molecule has 4 heteroatoms. The second-order valence-corrected chi connectivity index (χ2v) is 6.21. The van der Waals surface area contributed by atoms with E-state index in [2.05, 4.69) is 19.3 Å². The van der Waals surface area contributed by atoms with Crippen molar-refractivity contribution in [3.05, 3.63) is 35.0 Å². The van der Waals surface area contributed by atoms with Gasteiger partial charge in [0.15, 0.2) is 0 Å². The van der Waals surface area contributed by atoms with E-state index in [-0.39, 0.29) is 6.04 Å². The van der Waals surface area contributed by atoms with Crippen LogP contribution in [-0.4, -0.2) is 0 Å². The Kier molecular flexibility index (Phi) is 2.66. The van der Waals surface area contributed by atoms with Gasteiger partial charge in [-0.05, 0) is 42.0 Å². The van der Waals surface area contributed by atoms with Crippen LogP contribution in [0.5, 0.6) is 0 Å². The fraction of sp³-hybridized carbons (Fsp3) is 0.429. The highest BCUT2D eigenvalue weighted by Crippen LogP contribution is 2.57. The Bertz CT molecular complexity index is 590. The van der Waals surface area contributed by atoms with Gasteiger partial charge in [0, 0.05) is 10.4 Å². The maximum atomic E-state index is 5.98. The maximum Gasteiger partial charge on any atom is 0.134 e. The topological polar surface area (TPSA) is 51.2 Å². The van der Waals surface area contributed by atoms with E-state index < -0.39 is 0 Å². The number of hydrogen-bond donors (Lipinski definition) is 2. The monoisotopic (exact) mass is 264 g/mol. The van der Waals surface area contributed by atoms with E-state index in [4.69, 9.17) is 21.9 Å². The first-order valence-corrected chi connectivity index (χ1v) is 6.54. The molecule has 1 heterocycles. The average molecular weight is 265 g/mol. The first kappa shape index (κ1) is 12.0. The van der Waals surface area contributed by atoms with Gasteiger partial charge in [0.25, 0.3) is 0 Å². The van der Waals surface area contributed by atoms with Crippen LogP contribution >= 0.6 is 11.6 Å². The molecule has 3 N–H and O–H groups in total. The van der Waals surface area contributed by atoms with Crippen LogP contribution < -0.4 is 11.3 Å². The number of nitrogens with one attached hydrogen (secondary N) is 1. The van der Waals surface area contributed by atoms with Crippen molar-refractivity contribution in [2.45, 2.75) is 26.3 Å². The quantitative estimate of drug-likeness (QED) is 0.657. The van der Waals surface area contributed by atoms with Gasteiger partial charge in [-0.2, -0.15) is 0 Å². The molecule has 3 nitrogen and oxygen atoms in total. The first-order chi connectivity index (χ1) is 8.51. The zero-order chi connectivity index (χ0) is 12.9. The Labute approximate surface area is 111 Å². The van der Waals surface area contributed by atoms with Crippen LogP contribution in [0.1, 0.15) is 32.1 Å². The van der Waals surface area contributed by atoms with Crippen molar-refractivity contribution >= 4 is 22.6 Å². The smallest absolute Gasteiger partial charge is 0.134 e. The predicted molar refractivity (Wildman–Crippen MR) is 73.2 cm³/mol. The van der Waals surface area contributed by atoms with Crippen molar-refractivity contribution in [3.63, 3.8) is 0 Å². The Morgan fingerprint density at radius 3 is 2.78 bits per heavy atom. The van der Waals surface area contributed by atoms with Gasteiger partial charge in [0.2, 0.25) is 0 Å². The highest BCUT2D eigenvalue weighted by atomic mass is 35.5. The number of benzene rings is 1. The lowest BCUT2D eigenvalue weighted by Crippen LogP contribution is -2.30. The standard InChI is InChI=1S/C14H17ClN2O/c1-14(2)7-10(14)13(17-16)12-6-8-5-9(15)3-4-11(8)18-12/h3-6,10,13,17H,7,16H2,1-2H3. The number of rotatable bonds is 3. The van der Waals surface area contributed by atoms with Gasteiger partial charge < -0.3 is 4.42 Å². The van der Waals surface area contributed by atoms with E-state index >= 15 is 0 Å². The van der Waals surface area contributed by atoms with Crippen LogP contribution in [0.2, 0.25) is 5.02 Å². The van der Waals surface area contributed by atoms with E-state index in [0.29, 0.717) is 11.3 Å². The third-order valence-electron chi connectivity index (χ3n) is 3.98. The minimum absolute atomic E-state index is 0.0752. The lowest BCUT2D eigenvalue weighted by Gasteiger charge is -2.14. The Morgan fingerprint density at radius 2 is 2.17 bits per heavy atom. The van der Waals surface area contributed by atoms with Crippen molar-refractivity contribution < 1.29 is 4.42 Å². The average Bonchev–Trinajstić information content (AvgIpc) is 2.74. The summed E-state index contributed by atoms with van der Waals surface area (Å²) < 4.78 is 5.87. The summed E-state index contributed by atoms with van der Waals surface area (Å²) in [7, 11) is 0. The van der Waals surface area contributed by atoms with Crippen LogP contribution in [-0.2, 0) is 0 Å². The van der Waals surface area contributed by atoms with Gasteiger partial charge in [0.1, 0.15) is 11.3 Å². The highest BCUT2D eigenvalue weighted by Gasteiger charge is 2.51. The molecule has 3 rings (SSSR count). The van der Waals surface area contributed by atoms with Gasteiger partial charge >= 0.3 is 0 Å². The zero-order valence-corrected chi connectivity index (χ0v) is 11.3. The molecule has 1 aliphatic carbocycles. The number of halogens is 1. The summed E-state index contributed by atoms with van der Waals surface area (Å²) in [6, 6.07) is 7.75. The lowest BCUT2D eigenvalue weighted by atomic mass is 10.0. The second kappa shape index (κ2) is 3.98. The summed E-state index contributed by atoms with van der Waals surface area (Å²) in [5.74, 6) is 7.10. The molecular formula is C14H17ClN2O. The summed E-state index contributed by atoms with van der Waals surface area (Å²) in [5.41, 5.74) is 4.08. The van der Waals surface area contributed by atoms with Crippen LogP contribution in [0.25, 0.3) is 11.0 Å². The van der Waals surface area contributed by atoms with Gasteiger partial charge in [-0.15, -0.1) is 0 Å². The van der Waals surface area contributed by atoms with E-state index in [0.717, 1.165) is 21.8 Å². The summed E-state index contributed by atoms with van der Waals surface area (Å²) >= 11 is 5.98. The largest absolute Gasteiger partial charge is 0.459 e. The van der Waals surface area contributed by atoms with Gasteiger partial charge in [-0.25, -0.2) is 5.43 Å². The molecule has 0 radical (unpaired) electrons. The molecule has 1 aromatic heterocycles. The first-order valence-electron chi connectivity index (χ1n) is 6.16. The van der Waals surface area contributed by atoms with E-state index in [9.17, 15) is 0 Å². The van der Waals surface area contributed by atoms with Gasteiger partial charge in [-0.3, -0.25) is 5.84 Å². The van der Waals surface area contributed by atoms with Crippen molar-refractivity contribution in [1.29, 1.82) is 0 Å². The molecule has 0 bridgehead atoms. The van der Waals surface area contributed by atoms with E-state index in [1.54, 1.807) is 0 Å². The normalized spacial score (nSPS) is 23.2. The van der Waals surface area contributed by atoms with Crippen molar-refractivity contribution in [3.8, 4) is 0 Å². The number of furan rings is 1. The third-order valence-corrected chi connectivity index (χ3v) is 4.21. The molecule has 0 amide bonds. The lowest BCUT2D eigenvalue weighted by molar-refractivity contribution is 0.363. The van der Waals surface area contributed by atoms with Crippen molar-refractivity contribution in [2.24, 2.45) is 17.2 Å². The molecule has 1 saturated carbocycles. The number of nitrogens with two attached hydrogens (primary N) is 1. The highest BCUT2D eigenvalue weighted by molar-refractivity contribution is 6.31.